The summed E-state index contributed by atoms with van der Waals surface area (Å²) in [5.74, 6) is 1.17. The molecule has 0 spiro atoms. The molecule has 1 N–H and O–H groups in total. The van der Waals surface area contributed by atoms with Crippen molar-refractivity contribution < 1.29 is 9.59 Å². The zero-order valence-corrected chi connectivity index (χ0v) is 15.5. The monoisotopic (exact) mass is 357 g/mol. The largest absolute Gasteiger partial charge is 0.314 e. The Labute approximate surface area is 152 Å². The van der Waals surface area contributed by atoms with Crippen LogP contribution >= 0.6 is 11.8 Å². The van der Waals surface area contributed by atoms with Crippen LogP contribution in [0.4, 0.5) is 10.5 Å². The number of hydrogen-bond acceptors (Lipinski definition) is 4. The number of thioether (sulfide) groups is 1. The number of rotatable bonds is 2. The van der Waals surface area contributed by atoms with Crippen molar-refractivity contribution in [3.63, 3.8) is 0 Å². The second-order valence-corrected chi connectivity index (χ2v) is 8.33. The fourth-order valence-electron chi connectivity index (χ4n) is 4.53. The van der Waals surface area contributed by atoms with Gasteiger partial charge in [-0.1, -0.05) is 37.1 Å². The first-order chi connectivity index (χ1) is 12.0. The first kappa shape index (κ1) is 16.6. The van der Waals surface area contributed by atoms with E-state index >= 15 is 0 Å². The number of likely N-dealkylation sites (N-methyl/N-ethyl adjacent to an activating group) is 1. The summed E-state index contributed by atoms with van der Waals surface area (Å²) in [6.45, 7) is 2.12. The van der Waals surface area contributed by atoms with Crippen molar-refractivity contribution in [2.24, 2.45) is 11.0 Å². The molecule has 2 aliphatic heterocycles. The van der Waals surface area contributed by atoms with Gasteiger partial charge in [0.2, 0.25) is 5.91 Å². The van der Waals surface area contributed by atoms with Gasteiger partial charge in [0.1, 0.15) is 0 Å². The highest BCUT2D eigenvalue weighted by Crippen LogP contribution is 2.50. The van der Waals surface area contributed by atoms with Gasteiger partial charge in [0, 0.05) is 18.5 Å². The summed E-state index contributed by atoms with van der Waals surface area (Å²) in [6.07, 6.45) is 5.93. The van der Waals surface area contributed by atoms with Gasteiger partial charge in [0.25, 0.3) is 5.24 Å². The Bertz CT molecular complexity index is 770. The smallest absolute Gasteiger partial charge is 0.299 e. The van der Waals surface area contributed by atoms with E-state index in [0.29, 0.717) is 11.7 Å². The Hall–Kier alpha value is -1.82. The molecule has 1 aliphatic carbocycles. The van der Waals surface area contributed by atoms with Gasteiger partial charge in [-0.2, -0.15) is 5.10 Å². The standard InChI is InChI=1S/C19H23N3O2S/c1-19(13-6-4-3-5-7-13)14-10-12(15-11-25-18(24)21-20-15)8-9-16(14)22(2)17(19)23/h8-10,13H,3-7,11H2,1-2H3,(H,21,24)/t19-/m1/s1. The van der Waals surface area contributed by atoms with Crippen molar-refractivity contribution in [1.82, 2.24) is 5.43 Å². The number of amides is 2. The summed E-state index contributed by atoms with van der Waals surface area (Å²) in [6, 6.07) is 6.16. The highest BCUT2D eigenvalue weighted by Gasteiger charge is 2.51. The normalized spacial score (nSPS) is 27.1. The molecule has 1 aromatic rings. The maximum Gasteiger partial charge on any atom is 0.299 e. The third-order valence-electron chi connectivity index (χ3n) is 6.04. The van der Waals surface area contributed by atoms with Gasteiger partial charge >= 0.3 is 0 Å². The first-order valence-electron chi connectivity index (χ1n) is 8.94. The molecule has 0 aromatic heterocycles. The minimum absolute atomic E-state index is 0.119. The number of hydrogen-bond donors (Lipinski definition) is 1. The van der Waals surface area contributed by atoms with E-state index in [9.17, 15) is 9.59 Å². The molecule has 4 rings (SSSR count). The number of hydrazone groups is 1. The lowest BCUT2D eigenvalue weighted by Crippen LogP contribution is -2.43. The summed E-state index contributed by atoms with van der Waals surface area (Å²) in [5.41, 5.74) is 6.07. The van der Waals surface area contributed by atoms with Crippen molar-refractivity contribution in [2.45, 2.75) is 44.4 Å². The third kappa shape index (κ3) is 2.58. The van der Waals surface area contributed by atoms with Gasteiger partial charge in [-0.3, -0.25) is 9.59 Å². The molecule has 0 radical (unpaired) electrons. The molecule has 1 atom stereocenters. The van der Waals surface area contributed by atoms with Crippen LogP contribution in [-0.4, -0.2) is 29.7 Å². The average Bonchev–Trinajstić information content (AvgIpc) is 2.85. The van der Waals surface area contributed by atoms with Gasteiger partial charge in [-0.05, 0) is 48.9 Å². The highest BCUT2D eigenvalue weighted by atomic mass is 32.2. The molecule has 25 heavy (non-hydrogen) atoms. The summed E-state index contributed by atoms with van der Waals surface area (Å²) < 4.78 is 0. The number of anilines is 1. The van der Waals surface area contributed by atoms with E-state index in [2.05, 4.69) is 23.5 Å². The first-order valence-corrected chi connectivity index (χ1v) is 9.93. The van der Waals surface area contributed by atoms with Crippen LogP contribution in [0.3, 0.4) is 0 Å². The number of fused-ring (bicyclic) bond motifs is 1. The van der Waals surface area contributed by atoms with E-state index in [-0.39, 0.29) is 11.1 Å². The van der Waals surface area contributed by atoms with Crippen molar-refractivity contribution in [2.75, 3.05) is 17.7 Å². The summed E-state index contributed by atoms with van der Waals surface area (Å²) in [4.78, 5) is 26.3. The predicted molar refractivity (Wildman–Crippen MR) is 101 cm³/mol. The Kier molecular flexibility index (Phi) is 4.10. The molecule has 1 saturated carbocycles. The summed E-state index contributed by atoms with van der Waals surface area (Å²) >= 11 is 1.23. The second kappa shape index (κ2) is 6.16. The van der Waals surface area contributed by atoms with Gasteiger partial charge in [0.05, 0.1) is 11.1 Å². The molecule has 0 bridgehead atoms. The second-order valence-electron chi connectivity index (χ2n) is 7.38. The number of nitrogens with one attached hydrogen (secondary N) is 1. The molecule has 3 aliphatic rings. The molecule has 5 nitrogen and oxygen atoms in total. The molecule has 1 aromatic carbocycles. The Morgan fingerprint density at radius 2 is 2.00 bits per heavy atom. The third-order valence-corrected chi connectivity index (χ3v) is 6.81. The molecule has 6 heteroatoms. The Morgan fingerprint density at radius 1 is 1.24 bits per heavy atom. The van der Waals surface area contributed by atoms with Crippen molar-refractivity contribution >= 4 is 34.3 Å². The fourth-order valence-corrected chi connectivity index (χ4v) is 5.14. The van der Waals surface area contributed by atoms with E-state index < -0.39 is 5.41 Å². The number of benzene rings is 1. The van der Waals surface area contributed by atoms with E-state index in [0.717, 1.165) is 35.4 Å². The van der Waals surface area contributed by atoms with Crippen LogP contribution in [0.5, 0.6) is 0 Å². The van der Waals surface area contributed by atoms with Crippen LogP contribution in [0, 0.1) is 5.92 Å². The lowest BCUT2D eigenvalue weighted by atomic mass is 9.66. The van der Waals surface area contributed by atoms with Crippen molar-refractivity contribution in [3.05, 3.63) is 29.3 Å². The van der Waals surface area contributed by atoms with Crippen LogP contribution in [0.25, 0.3) is 0 Å². The molecule has 0 unspecified atom stereocenters. The maximum atomic E-state index is 13.1. The molecule has 1 fully saturated rings. The Balaban J connectivity index is 1.77. The SMILES string of the molecule is CN1C(=O)[C@](C)(C2CCCCC2)c2cc(C3=NNC(=O)SC3)ccc21. The quantitative estimate of drug-likeness (QED) is 0.878. The number of carbonyl (C=O) groups excluding carboxylic acids is 2. The van der Waals surface area contributed by atoms with Crippen LogP contribution in [-0.2, 0) is 10.2 Å². The topological polar surface area (TPSA) is 61.8 Å². The van der Waals surface area contributed by atoms with Crippen LogP contribution in [0.1, 0.15) is 50.2 Å². The molecule has 0 saturated heterocycles. The highest BCUT2D eigenvalue weighted by molar-refractivity contribution is 8.14. The number of nitrogens with zero attached hydrogens (tertiary/aromatic N) is 2. The Morgan fingerprint density at radius 3 is 2.68 bits per heavy atom. The van der Waals surface area contributed by atoms with Crippen LogP contribution in [0.15, 0.2) is 23.3 Å². The minimum Gasteiger partial charge on any atom is -0.314 e. The zero-order chi connectivity index (χ0) is 17.6. The van der Waals surface area contributed by atoms with Gasteiger partial charge in [-0.25, -0.2) is 5.43 Å². The predicted octanol–water partition coefficient (Wildman–Crippen LogP) is 3.66. The van der Waals surface area contributed by atoms with Crippen LogP contribution < -0.4 is 10.3 Å². The van der Waals surface area contributed by atoms with E-state index in [1.54, 1.807) is 0 Å². The zero-order valence-electron chi connectivity index (χ0n) is 14.7. The molecule has 2 heterocycles. The lowest BCUT2D eigenvalue weighted by Gasteiger charge is -2.36. The lowest BCUT2D eigenvalue weighted by molar-refractivity contribution is -0.124. The number of carbonyl (C=O) groups is 2. The van der Waals surface area contributed by atoms with Crippen molar-refractivity contribution in [1.29, 1.82) is 0 Å². The summed E-state index contributed by atoms with van der Waals surface area (Å²) in [5, 5.41) is 4.08. The van der Waals surface area contributed by atoms with Gasteiger partial charge in [-0.15, -0.1) is 0 Å². The van der Waals surface area contributed by atoms with E-state index in [4.69, 9.17) is 0 Å². The van der Waals surface area contributed by atoms with Gasteiger partial charge < -0.3 is 4.90 Å². The summed E-state index contributed by atoms with van der Waals surface area (Å²) in [7, 11) is 1.88. The maximum absolute atomic E-state index is 13.1. The fraction of sp³-hybridized carbons (Fsp3) is 0.526. The molecular formula is C19H23N3O2S. The molecule has 2 amide bonds. The van der Waals surface area contributed by atoms with E-state index in [1.165, 1.54) is 31.0 Å². The van der Waals surface area contributed by atoms with Gasteiger partial charge in [0.15, 0.2) is 0 Å². The van der Waals surface area contributed by atoms with E-state index in [1.807, 2.05) is 24.1 Å². The van der Waals surface area contributed by atoms with Crippen molar-refractivity contribution in [3.8, 4) is 0 Å². The molecule has 132 valence electrons. The molecular weight excluding hydrogens is 334 g/mol. The van der Waals surface area contributed by atoms with Crippen LogP contribution in [0.2, 0.25) is 0 Å². The minimum atomic E-state index is -0.452. The average molecular weight is 357 g/mol.